The predicted octanol–water partition coefficient (Wildman–Crippen LogP) is 4.58. The molecular formula is C26H27NO3. The Morgan fingerprint density at radius 1 is 0.967 bits per heavy atom. The Hall–Kier alpha value is -2.95. The zero-order valence-electron chi connectivity index (χ0n) is 17.2. The van der Waals surface area contributed by atoms with Gasteiger partial charge in [-0.05, 0) is 35.7 Å². The average molecular weight is 402 g/mol. The van der Waals surface area contributed by atoms with Gasteiger partial charge in [-0.25, -0.2) is 0 Å². The third-order valence-corrected chi connectivity index (χ3v) is 5.65. The molecule has 4 rings (SSSR count). The van der Waals surface area contributed by atoms with E-state index in [2.05, 4.69) is 48.2 Å². The molecule has 2 atom stereocenters. The summed E-state index contributed by atoms with van der Waals surface area (Å²) in [4.78, 5) is 13.8. The Kier molecular flexibility index (Phi) is 6.26. The molecule has 0 spiro atoms. The number of nitrogens with zero attached hydrogens (tertiary/aromatic N) is 1. The van der Waals surface area contributed by atoms with Crippen molar-refractivity contribution in [2.75, 3.05) is 13.2 Å². The van der Waals surface area contributed by atoms with E-state index in [1.807, 2.05) is 48.5 Å². The van der Waals surface area contributed by atoms with E-state index >= 15 is 0 Å². The lowest BCUT2D eigenvalue weighted by molar-refractivity contribution is -0.144. The minimum Gasteiger partial charge on any atom is -0.489 e. The van der Waals surface area contributed by atoms with E-state index in [1.165, 1.54) is 5.56 Å². The van der Waals surface area contributed by atoms with Crippen LogP contribution >= 0.6 is 0 Å². The number of carbonyl (C=O) groups is 1. The zero-order valence-corrected chi connectivity index (χ0v) is 17.2. The van der Waals surface area contributed by atoms with Gasteiger partial charge in [-0.3, -0.25) is 4.90 Å². The van der Waals surface area contributed by atoms with Gasteiger partial charge in [0.05, 0.1) is 12.6 Å². The van der Waals surface area contributed by atoms with Crippen LogP contribution in [0.3, 0.4) is 0 Å². The van der Waals surface area contributed by atoms with Crippen LogP contribution in [0.4, 0.5) is 0 Å². The van der Waals surface area contributed by atoms with Crippen molar-refractivity contribution in [2.45, 2.75) is 31.7 Å². The molecule has 0 bridgehead atoms. The van der Waals surface area contributed by atoms with E-state index in [0.29, 0.717) is 19.8 Å². The number of hydrogen-bond donors (Lipinski definition) is 0. The van der Waals surface area contributed by atoms with Crippen LogP contribution in [0.5, 0.6) is 5.75 Å². The highest BCUT2D eigenvalue weighted by atomic mass is 16.5. The highest BCUT2D eigenvalue weighted by Crippen LogP contribution is 2.33. The molecule has 1 fully saturated rings. The topological polar surface area (TPSA) is 38.8 Å². The monoisotopic (exact) mass is 401 g/mol. The quantitative estimate of drug-likeness (QED) is 0.543. The smallest absolute Gasteiger partial charge is 0.139 e. The van der Waals surface area contributed by atoms with Gasteiger partial charge in [0.2, 0.25) is 0 Å². The maximum Gasteiger partial charge on any atom is 0.139 e. The van der Waals surface area contributed by atoms with Crippen LogP contribution in [0.25, 0.3) is 0 Å². The van der Waals surface area contributed by atoms with Crippen molar-refractivity contribution < 1.29 is 14.3 Å². The molecule has 4 nitrogen and oxygen atoms in total. The largest absolute Gasteiger partial charge is 0.489 e. The van der Waals surface area contributed by atoms with Crippen molar-refractivity contribution in [2.24, 2.45) is 0 Å². The van der Waals surface area contributed by atoms with Gasteiger partial charge in [-0.2, -0.15) is 0 Å². The lowest BCUT2D eigenvalue weighted by Crippen LogP contribution is -2.54. The van der Waals surface area contributed by atoms with E-state index in [-0.39, 0.29) is 6.04 Å². The number of ether oxygens (including phenoxy) is 2. The van der Waals surface area contributed by atoms with E-state index in [1.54, 1.807) is 0 Å². The van der Waals surface area contributed by atoms with Crippen LogP contribution in [0, 0.1) is 0 Å². The fraction of sp³-hybridized carbons (Fsp3) is 0.269. The van der Waals surface area contributed by atoms with Gasteiger partial charge in [0.15, 0.2) is 0 Å². The number of hydrogen-bond acceptors (Lipinski definition) is 4. The van der Waals surface area contributed by atoms with Crippen LogP contribution in [0.15, 0.2) is 84.9 Å². The first-order valence-electron chi connectivity index (χ1n) is 10.3. The maximum atomic E-state index is 11.6. The van der Waals surface area contributed by atoms with Crippen molar-refractivity contribution >= 4 is 6.29 Å². The van der Waals surface area contributed by atoms with Crippen LogP contribution in [-0.2, 0) is 28.3 Å². The first-order chi connectivity index (χ1) is 14.7. The van der Waals surface area contributed by atoms with Gasteiger partial charge in [0.25, 0.3) is 0 Å². The number of rotatable bonds is 7. The Morgan fingerprint density at radius 3 is 2.23 bits per heavy atom. The number of benzene rings is 3. The van der Waals surface area contributed by atoms with Crippen molar-refractivity contribution in [1.29, 1.82) is 0 Å². The SMILES string of the molecule is CC1(c2ccc(OCc3ccccc3)cc2)CN(Cc2ccccc2)C(C=O)CO1. The van der Waals surface area contributed by atoms with E-state index < -0.39 is 5.60 Å². The molecule has 0 amide bonds. The molecule has 0 aliphatic carbocycles. The molecule has 1 saturated heterocycles. The number of aldehydes is 1. The highest BCUT2D eigenvalue weighted by Gasteiger charge is 2.38. The summed E-state index contributed by atoms with van der Waals surface area (Å²) in [5.74, 6) is 0.828. The average Bonchev–Trinajstić information content (AvgIpc) is 2.80. The summed E-state index contributed by atoms with van der Waals surface area (Å²) in [6, 6.07) is 28.2. The Balaban J connectivity index is 1.44. The molecule has 30 heavy (non-hydrogen) atoms. The highest BCUT2D eigenvalue weighted by molar-refractivity contribution is 5.58. The molecule has 3 aromatic rings. The minimum atomic E-state index is -0.480. The number of morpholine rings is 1. The van der Waals surface area contributed by atoms with Crippen LogP contribution < -0.4 is 4.74 Å². The summed E-state index contributed by atoms with van der Waals surface area (Å²) in [5.41, 5.74) is 2.93. The molecule has 1 heterocycles. The van der Waals surface area contributed by atoms with Crippen LogP contribution in [0.2, 0.25) is 0 Å². The lowest BCUT2D eigenvalue weighted by Gasteiger charge is -2.44. The van der Waals surface area contributed by atoms with Gasteiger partial charge in [-0.1, -0.05) is 72.8 Å². The maximum absolute atomic E-state index is 11.6. The van der Waals surface area contributed by atoms with Crippen molar-refractivity contribution in [3.63, 3.8) is 0 Å². The summed E-state index contributed by atoms with van der Waals surface area (Å²) < 4.78 is 12.1. The summed E-state index contributed by atoms with van der Waals surface area (Å²) in [5, 5.41) is 0. The molecule has 2 unspecified atom stereocenters. The van der Waals surface area contributed by atoms with Gasteiger partial charge in [0, 0.05) is 13.1 Å². The first-order valence-corrected chi connectivity index (χ1v) is 10.3. The summed E-state index contributed by atoms with van der Waals surface area (Å²) in [6.45, 7) is 4.39. The summed E-state index contributed by atoms with van der Waals surface area (Å²) in [6.07, 6.45) is 0.989. The molecular weight excluding hydrogens is 374 g/mol. The fourth-order valence-electron chi connectivity index (χ4n) is 3.86. The molecule has 3 aromatic carbocycles. The second-order valence-corrected chi connectivity index (χ2v) is 7.93. The van der Waals surface area contributed by atoms with Crippen LogP contribution in [0.1, 0.15) is 23.6 Å². The van der Waals surface area contributed by atoms with Gasteiger partial charge >= 0.3 is 0 Å². The number of carbonyl (C=O) groups excluding carboxylic acids is 1. The van der Waals surface area contributed by atoms with Crippen molar-refractivity contribution in [3.8, 4) is 5.75 Å². The van der Waals surface area contributed by atoms with E-state index in [0.717, 1.165) is 29.7 Å². The zero-order chi connectivity index (χ0) is 20.8. The molecule has 4 heteroatoms. The molecule has 0 N–H and O–H groups in total. The van der Waals surface area contributed by atoms with Gasteiger partial charge in [0.1, 0.15) is 24.2 Å². The molecule has 0 aromatic heterocycles. The molecule has 1 aliphatic heterocycles. The Morgan fingerprint density at radius 2 is 1.60 bits per heavy atom. The predicted molar refractivity (Wildman–Crippen MR) is 117 cm³/mol. The van der Waals surface area contributed by atoms with Crippen LogP contribution in [-0.4, -0.2) is 30.4 Å². The minimum absolute atomic E-state index is 0.230. The summed E-state index contributed by atoms with van der Waals surface area (Å²) in [7, 11) is 0. The lowest BCUT2D eigenvalue weighted by atomic mass is 9.92. The molecule has 154 valence electrons. The fourth-order valence-corrected chi connectivity index (χ4v) is 3.86. The third kappa shape index (κ3) is 4.78. The van der Waals surface area contributed by atoms with Gasteiger partial charge < -0.3 is 14.3 Å². The van der Waals surface area contributed by atoms with Gasteiger partial charge in [-0.15, -0.1) is 0 Å². The van der Waals surface area contributed by atoms with Crippen molar-refractivity contribution in [1.82, 2.24) is 4.90 Å². The molecule has 1 aliphatic rings. The second-order valence-electron chi connectivity index (χ2n) is 7.93. The molecule has 0 radical (unpaired) electrons. The van der Waals surface area contributed by atoms with E-state index in [9.17, 15) is 4.79 Å². The summed E-state index contributed by atoms with van der Waals surface area (Å²) >= 11 is 0. The normalized spacial score (nSPS) is 21.8. The first kappa shape index (κ1) is 20.3. The Labute approximate surface area is 178 Å². The Bertz CT molecular complexity index is 943. The second kappa shape index (κ2) is 9.24. The molecule has 0 saturated carbocycles. The van der Waals surface area contributed by atoms with Crippen molar-refractivity contribution in [3.05, 3.63) is 102 Å². The third-order valence-electron chi connectivity index (χ3n) is 5.65. The standard InChI is InChI=1S/C26H27NO3/c1-26(20-27(24(17-28)19-30-26)16-21-8-4-2-5-9-21)23-12-14-25(15-13-23)29-18-22-10-6-3-7-11-22/h2-15,17,24H,16,18-20H2,1H3. The van der Waals surface area contributed by atoms with E-state index in [4.69, 9.17) is 9.47 Å².